The molecule has 0 radical (unpaired) electrons. The second-order valence-electron chi connectivity index (χ2n) is 15.0. The van der Waals surface area contributed by atoms with Gasteiger partial charge in [0.1, 0.15) is 5.84 Å². The van der Waals surface area contributed by atoms with E-state index < -0.39 is 0 Å². The lowest BCUT2D eigenvalue weighted by Gasteiger charge is -2.25. The highest BCUT2D eigenvalue weighted by Gasteiger charge is 2.24. The largest absolute Gasteiger partial charge is 0.340 e. The molecule has 270 valence electrons. The minimum Gasteiger partial charge on any atom is -0.340 e. The fraction of sp³-hybridized carbons (Fsp3) is 0.0943. The second kappa shape index (κ2) is 13.8. The van der Waals surface area contributed by atoms with Gasteiger partial charge in [0.15, 0.2) is 0 Å². The van der Waals surface area contributed by atoms with E-state index in [1.54, 1.807) is 0 Å². The summed E-state index contributed by atoms with van der Waals surface area (Å²) in [7, 11) is 0. The second-order valence-corrected chi connectivity index (χ2v) is 15.0. The molecule has 3 heterocycles. The van der Waals surface area contributed by atoms with E-state index in [0.717, 1.165) is 70.3 Å². The number of rotatable bonds is 6. The molecule has 1 atom stereocenters. The molecule has 11 rings (SSSR count). The van der Waals surface area contributed by atoms with Crippen molar-refractivity contribution < 1.29 is 0 Å². The fourth-order valence-corrected chi connectivity index (χ4v) is 9.11. The molecule has 4 nitrogen and oxygen atoms in total. The maximum atomic E-state index is 5.48. The molecule has 1 unspecified atom stereocenters. The number of fused-ring (bicyclic) bond motifs is 5. The number of allylic oxidation sites excluding steroid dienone is 3. The van der Waals surface area contributed by atoms with Crippen LogP contribution >= 0.6 is 0 Å². The Morgan fingerprint density at radius 3 is 2.23 bits per heavy atom. The highest BCUT2D eigenvalue weighted by molar-refractivity contribution is 6.12. The predicted molar refractivity (Wildman–Crippen MR) is 238 cm³/mol. The molecule has 1 aliphatic heterocycles. The van der Waals surface area contributed by atoms with Crippen LogP contribution in [-0.2, 0) is 6.42 Å². The Balaban J connectivity index is 1.06. The van der Waals surface area contributed by atoms with Crippen LogP contribution < -0.4 is 5.32 Å². The number of aromatic nitrogens is 2. The normalized spacial score (nSPS) is 16.0. The summed E-state index contributed by atoms with van der Waals surface area (Å²) in [6.45, 7) is 0. The molecule has 0 amide bonds. The summed E-state index contributed by atoms with van der Waals surface area (Å²) in [5.41, 5.74) is 15.7. The van der Waals surface area contributed by atoms with Crippen molar-refractivity contribution in [1.82, 2.24) is 14.9 Å². The number of benzene rings is 6. The Morgan fingerprint density at radius 2 is 1.40 bits per heavy atom. The van der Waals surface area contributed by atoms with Gasteiger partial charge in [-0.25, -0.2) is 0 Å². The smallest absolute Gasteiger partial charge is 0.133 e. The van der Waals surface area contributed by atoms with E-state index in [9.17, 15) is 0 Å². The molecule has 8 aromatic rings. The Bertz CT molecular complexity index is 3090. The van der Waals surface area contributed by atoms with Crippen molar-refractivity contribution in [3.63, 3.8) is 0 Å². The predicted octanol–water partition coefficient (Wildman–Crippen LogP) is 12.4. The first-order valence-corrected chi connectivity index (χ1v) is 19.9. The summed E-state index contributed by atoms with van der Waals surface area (Å²) in [6.07, 6.45) is 16.7. The lowest BCUT2D eigenvalue weighted by molar-refractivity contribution is 0.882. The van der Waals surface area contributed by atoms with Crippen molar-refractivity contribution in [2.24, 2.45) is 4.99 Å². The zero-order chi connectivity index (χ0) is 37.7. The number of hydrogen-bond donors (Lipinski definition) is 1. The summed E-state index contributed by atoms with van der Waals surface area (Å²) >= 11 is 0. The van der Waals surface area contributed by atoms with E-state index in [1.165, 1.54) is 55.2 Å². The van der Waals surface area contributed by atoms with Crippen molar-refractivity contribution in [2.45, 2.75) is 31.7 Å². The first-order valence-electron chi connectivity index (χ1n) is 19.9. The summed E-state index contributed by atoms with van der Waals surface area (Å²) in [6, 6.07) is 48.1. The maximum Gasteiger partial charge on any atom is 0.133 e. The number of nitrogens with one attached hydrogen (secondary N) is 1. The Labute approximate surface area is 332 Å². The van der Waals surface area contributed by atoms with E-state index in [1.807, 2.05) is 12.4 Å². The highest BCUT2D eigenvalue weighted by atomic mass is 15.0. The van der Waals surface area contributed by atoms with E-state index in [0.29, 0.717) is 0 Å². The first kappa shape index (κ1) is 33.1. The number of hydrogen-bond acceptors (Lipinski definition) is 3. The standard InChI is InChI=1S/C53H38N4/c1-4-15-35(16-5-1)47-33-48(37-27-28-49-45(32-37)46-34-54-30-29-50(46)57(49)40-21-8-3-9-22-40)56-53(55-47)39-20-14-19-38(31-39)52-43-25-12-10-23-41(43)51(36-17-6-2-7-18-36)42-24-11-13-26-44(42)52/h1-2,4-7,10,12-20,22-23,25-34,48H,8,11,21,24H2,(H,55,56). The number of pyridine rings is 1. The van der Waals surface area contributed by atoms with Gasteiger partial charge in [0.2, 0.25) is 0 Å². The molecular formula is C53H38N4. The lowest BCUT2D eigenvalue weighted by atomic mass is 9.80. The number of aliphatic imine (C=N–C) groups is 1. The van der Waals surface area contributed by atoms with Crippen molar-refractivity contribution in [3.05, 3.63) is 192 Å². The van der Waals surface area contributed by atoms with E-state index >= 15 is 0 Å². The van der Waals surface area contributed by atoms with Gasteiger partial charge in [-0.2, -0.15) is 0 Å². The lowest BCUT2D eigenvalue weighted by Crippen LogP contribution is -2.27. The van der Waals surface area contributed by atoms with Gasteiger partial charge in [-0.1, -0.05) is 133 Å². The average molecular weight is 731 g/mol. The molecule has 57 heavy (non-hydrogen) atoms. The summed E-state index contributed by atoms with van der Waals surface area (Å²) in [5, 5.41) is 8.63. The Morgan fingerprint density at radius 1 is 0.649 bits per heavy atom. The van der Waals surface area contributed by atoms with Gasteiger partial charge in [-0.3, -0.25) is 9.98 Å². The maximum absolute atomic E-state index is 5.48. The van der Waals surface area contributed by atoms with E-state index in [4.69, 9.17) is 4.99 Å². The van der Waals surface area contributed by atoms with Crippen LogP contribution in [0.1, 0.15) is 53.1 Å². The third-order valence-corrected chi connectivity index (χ3v) is 11.7. The third kappa shape index (κ3) is 5.71. The molecule has 0 bridgehead atoms. The van der Waals surface area contributed by atoms with Crippen molar-refractivity contribution in [1.29, 1.82) is 0 Å². The van der Waals surface area contributed by atoms with Crippen LogP contribution in [0.15, 0.2) is 169 Å². The average Bonchev–Trinajstić information content (AvgIpc) is 3.62. The molecule has 6 aromatic carbocycles. The number of amidine groups is 1. The third-order valence-electron chi connectivity index (χ3n) is 11.7. The molecule has 2 aromatic heterocycles. The van der Waals surface area contributed by atoms with Gasteiger partial charge in [0.05, 0.1) is 17.1 Å². The van der Waals surface area contributed by atoms with Gasteiger partial charge in [0.25, 0.3) is 0 Å². The monoisotopic (exact) mass is 730 g/mol. The van der Waals surface area contributed by atoms with Crippen LogP contribution in [0.5, 0.6) is 0 Å². The van der Waals surface area contributed by atoms with Gasteiger partial charge < -0.3 is 9.88 Å². The topological polar surface area (TPSA) is 42.2 Å². The minimum atomic E-state index is -0.207. The molecule has 0 spiro atoms. The van der Waals surface area contributed by atoms with Gasteiger partial charge in [-0.15, -0.1) is 0 Å². The zero-order valence-electron chi connectivity index (χ0n) is 31.4. The van der Waals surface area contributed by atoms with Gasteiger partial charge in [-0.05, 0) is 105 Å². The summed E-state index contributed by atoms with van der Waals surface area (Å²) in [4.78, 5) is 10.0. The molecular weight excluding hydrogens is 693 g/mol. The molecule has 0 saturated heterocycles. The van der Waals surface area contributed by atoms with Crippen LogP contribution in [0.2, 0.25) is 0 Å². The van der Waals surface area contributed by atoms with Crippen LogP contribution in [-0.4, -0.2) is 15.4 Å². The zero-order valence-corrected chi connectivity index (χ0v) is 31.4. The molecule has 0 fully saturated rings. The van der Waals surface area contributed by atoms with Crippen LogP contribution in [0.25, 0.3) is 72.3 Å². The van der Waals surface area contributed by atoms with Crippen LogP contribution in [0.4, 0.5) is 0 Å². The van der Waals surface area contributed by atoms with E-state index in [-0.39, 0.29) is 6.04 Å². The summed E-state index contributed by atoms with van der Waals surface area (Å²) in [5.74, 6) is 7.29. The van der Waals surface area contributed by atoms with E-state index in [2.05, 4.69) is 184 Å². The van der Waals surface area contributed by atoms with Crippen molar-refractivity contribution in [3.8, 4) is 34.1 Å². The quantitative estimate of drug-likeness (QED) is 0.173. The van der Waals surface area contributed by atoms with Crippen LogP contribution in [0, 0.1) is 11.8 Å². The minimum absolute atomic E-state index is 0.207. The highest BCUT2D eigenvalue weighted by Crippen LogP contribution is 2.45. The van der Waals surface area contributed by atoms with Crippen molar-refractivity contribution in [2.75, 3.05) is 0 Å². The van der Waals surface area contributed by atoms with Gasteiger partial charge in [0, 0.05) is 52.6 Å². The molecule has 2 aliphatic carbocycles. The molecule has 3 aliphatic rings. The molecule has 0 saturated carbocycles. The SMILES string of the molecule is C1#CCCC(n2c3ccncc3c3cc(C4C=C(c5ccccc5)NC(c5cccc(-c6c7c(c(-c8ccccc8)c8ccccc68)CCC=C7)c5)=N4)ccc32)=C1. The summed E-state index contributed by atoms with van der Waals surface area (Å²) < 4.78 is 2.36. The Hall–Kier alpha value is -7.22. The van der Waals surface area contributed by atoms with Crippen molar-refractivity contribution >= 4 is 55.9 Å². The Kier molecular flexibility index (Phi) is 8.03. The van der Waals surface area contributed by atoms with Crippen LogP contribution in [0.3, 0.4) is 0 Å². The van der Waals surface area contributed by atoms with Gasteiger partial charge >= 0.3 is 0 Å². The molecule has 4 heteroatoms. The first-order chi connectivity index (χ1) is 28.3. The number of nitrogens with zero attached hydrogens (tertiary/aromatic N) is 3. The fourth-order valence-electron chi connectivity index (χ4n) is 9.11. The molecule has 1 N–H and O–H groups in total.